The summed E-state index contributed by atoms with van der Waals surface area (Å²) in [5, 5.41) is 11.4. The fraction of sp³-hybridized carbons (Fsp3) is 0.864. The quantitative estimate of drug-likeness (QED) is 0.218. The van der Waals surface area contributed by atoms with Crippen LogP contribution in [0.25, 0.3) is 0 Å². The van der Waals surface area contributed by atoms with Crippen LogP contribution in [0.3, 0.4) is 0 Å². The van der Waals surface area contributed by atoms with Crippen molar-refractivity contribution in [2.75, 3.05) is 6.54 Å². The molecule has 0 rings (SSSR count). The van der Waals surface area contributed by atoms with Gasteiger partial charge in [0, 0.05) is 24.3 Å². The Balaban J connectivity index is 0. The van der Waals surface area contributed by atoms with Gasteiger partial charge in [0.05, 0.1) is 0 Å². The maximum absolute atomic E-state index is 11.6. The number of unbranched alkanes of at least 4 members (excludes halogenated alkanes) is 15. The first-order valence-electron chi connectivity index (χ1n) is 11.3. The van der Waals surface area contributed by atoms with E-state index < -0.39 is 16.0 Å². The molecule has 0 amide bonds. The van der Waals surface area contributed by atoms with Crippen molar-refractivity contribution in [2.45, 2.75) is 116 Å². The number of sulfonamides is 1. The zero-order valence-corrected chi connectivity index (χ0v) is 21.7. The fourth-order valence-corrected chi connectivity index (χ4v) is 4.04. The van der Waals surface area contributed by atoms with Crippen LogP contribution in [0, 0.1) is 0 Å². The molecule has 0 aromatic carbocycles. The van der Waals surface area contributed by atoms with Gasteiger partial charge in [-0.2, -0.15) is 0 Å². The molecule has 0 spiro atoms. The summed E-state index contributed by atoms with van der Waals surface area (Å²) in [7, 11) is -3.52. The van der Waals surface area contributed by atoms with Crippen LogP contribution in [0.5, 0.6) is 0 Å². The number of allylic oxidation sites excluding steroid dienone is 1. The molecule has 29 heavy (non-hydrogen) atoms. The smallest absolute Gasteiger partial charge is 0.550 e. The minimum atomic E-state index is -3.52. The topological polar surface area (TPSA) is 86.3 Å². The molecular weight excluding hydrogens is 397 g/mol. The zero-order chi connectivity index (χ0) is 20.9. The maximum Gasteiger partial charge on any atom is 1.00 e. The van der Waals surface area contributed by atoms with E-state index in [0.29, 0.717) is 0 Å². The third-order valence-corrected chi connectivity index (χ3v) is 6.04. The molecule has 0 fully saturated rings. The minimum Gasteiger partial charge on any atom is -0.550 e. The van der Waals surface area contributed by atoms with Crippen LogP contribution >= 0.6 is 0 Å². The molecule has 0 bridgehead atoms. The van der Waals surface area contributed by atoms with E-state index in [0.717, 1.165) is 24.7 Å². The van der Waals surface area contributed by atoms with Gasteiger partial charge in [-0.15, -0.1) is 0 Å². The minimum absolute atomic E-state index is 0. The molecule has 0 atom stereocenters. The number of carboxylic acids is 1. The first-order chi connectivity index (χ1) is 13.5. The monoisotopic (exact) mass is 439 g/mol. The van der Waals surface area contributed by atoms with E-state index in [9.17, 15) is 18.3 Å². The first kappa shape index (κ1) is 31.3. The second-order valence-corrected chi connectivity index (χ2v) is 9.32. The Morgan fingerprint density at radius 1 is 0.793 bits per heavy atom. The number of aliphatic carboxylic acids is 1. The van der Waals surface area contributed by atoms with Crippen LogP contribution in [-0.4, -0.2) is 20.9 Å². The number of nitrogens with one attached hydrogen (secondary N) is 1. The Kier molecular flexibility index (Phi) is 24.6. The van der Waals surface area contributed by atoms with Crippen molar-refractivity contribution in [3.63, 3.8) is 0 Å². The number of rotatable bonds is 21. The average molecular weight is 440 g/mol. The molecule has 0 aliphatic carbocycles. The van der Waals surface area contributed by atoms with E-state index in [1.165, 1.54) is 83.5 Å². The van der Waals surface area contributed by atoms with Crippen molar-refractivity contribution in [1.82, 2.24) is 4.72 Å². The third kappa shape index (κ3) is 26.1. The first-order valence-corrected chi connectivity index (χ1v) is 12.9. The Hall–Kier alpha value is 0.120. The number of carbonyl (C=O) groups excluding carboxylic acids is 1. The largest absolute Gasteiger partial charge is 1.00 e. The average Bonchev–Trinajstić information content (AvgIpc) is 2.63. The van der Waals surface area contributed by atoms with Crippen LogP contribution in [0.4, 0.5) is 0 Å². The Morgan fingerprint density at radius 3 is 1.62 bits per heavy atom. The van der Waals surface area contributed by atoms with Gasteiger partial charge in [-0.3, -0.25) is 0 Å². The van der Waals surface area contributed by atoms with Gasteiger partial charge in [0.25, 0.3) is 0 Å². The maximum atomic E-state index is 11.6. The van der Waals surface area contributed by atoms with Gasteiger partial charge in [0.2, 0.25) is 10.0 Å². The van der Waals surface area contributed by atoms with Crippen LogP contribution in [-0.2, 0) is 14.8 Å². The van der Waals surface area contributed by atoms with Crippen molar-refractivity contribution >= 4 is 16.0 Å². The number of hydrogen-bond donors (Lipinski definition) is 1. The van der Waals surface area contributed by atoms with Gasteiger partial charge in [-0.25, -0.2) is 13.1 Å². The molecule has 5 nitrogen and oxygen atoms in total. The Labute approximate surface area is 201 Å². The predicted molar refractivity (Wildman–Crippen MR) is 115 cm³/mol. The normalized spacial score (nSPS) is 11.6. The molecule has 0 aromatic heterocycles. The van der Waals surface area contributed by atoms with Crippen molar-refractivity contribution < 1.29 is 47.9 Å². The van der Waals surface area contributed by atoms with Crippen molar-refractivity contribution in [2.24, 2.45) is 0 Å². The summed E-state index contributed by atoms with van der Waals surface area (Å²) in [5.74, 6) is -1.26. The van der Waals surface area contributed by atoms with Crippen LogP contribution in [0.15, 0.2) is 11.5 Å². The van der Waals surface area contributed by atoms with Gasteiger partial charge < -0.3 is 9.90 Å². The number of carbonyl (C=O) groups is 1. The molecule has 0 aliphatic heterocycles. The summed E-state index contributed by atoms with van der Waals surface area (Å²) in [5.41, 5.74) is 0. The number of carboxylic acid groups (broad SMARTS) is 1. The van der Waals surface area contributed by atoms with Crippen LogP contribution in [0.2, 0.25) is 0 Å². The van der Waals surface area contributed by atoms with Gasteiger partial charge in [0.15, 0.2) is 0 Å². The van der Waals surface area contributed by atoms with Crippen molar-refractivity contribution in [3.8, 4) is 0 Å². The predicted octanol–water partition coefficient (Wildman–Crippen LogP) is 1.83. The molecule has 0 aromatic rings. The molecule has 0 unspecified atom stereocenters. The van der Waals surface area contributed by atoms with E-state index in [-0.39, 0.29) is 42.5 Å². The summed E-state index contributed by atoms with van der Waals surface area (Å²) in [6, 6.07) is 0. The second-order valence-electron chi connectivity index (χ2n) is 7.67. The fourth-order valence-electron chi connectivity index (χ4n) is 3.17. The SMILES string of the molecule is CCCCCCCCCCCCCCCCC/C=C/S(=O)(=O)NCCC(=O)[O-].[Na+]. The van der Waals surface area contributed by atoms with Gasteiger partial charge in [-0.1, -0.05) is 103 Å². The van der Waals surface area contributed by atoms with E-state index >= 15 is 0 Å². The molecule has 7 heteroatoms. The van der Waals surface area contributed by atoms with E-state index in [4.69, 9.17) is 0 Å². The zero-order valence-electron chi connectivity index (χ0n) is 18.9. The summed E-state index contributed by atoms with van der Waals surface area (Å²) >= 11 is 0. The van der Waals surface area contributed by atoms with Crippen molar-refractivity contribution in [1.29, 1.82) is 0 Å². The van der Waals surface area contributed by atoms with Crippen LogP contribution in [0.1, 0.15) is 116 Å². The van der Waals surface area contributed by atoms with E-state index in [1.807, 2.05) is 0 Å². The van der Waals surface area contributed by atoms with E-state index in [1.54, 1.807) is 6.08 Å². The molecule has 0 aliphatic rings. The van der Waals surface area contributed by atoms with Gasteiger partial charge in [0.1, 0.15) is 0 Å². The molecule has 0 heterocycles. The second kappa shape index (κ2) is 22.8. The van der Waals surface area contributed by atoms with Crippen LogP contribution < -0.4 is 39.4 Å². The molecule has 1 N–H and O–H groups in total. The molecule has 0 saturated heterocycles. The summed E-state index contributed by atoms with van der Waals surface area (Å²) in [4.78, 5) is 10.2. The summed E-state index contributed by atoms with van der Waals surface area (Å²) in [6.45, 7) is 2.13. The van der Waals surface area contributed by atoms with Gasteiger partial charge >= 0.3 is 29.6 Å². The Morgan fingerprint density at radius 2 is 1.21 bits per heavy atom. The summed E-state index contributed by atoms with van der Waals surface area (Å²) < 4.78 is 25.3. The molecular formula is C22H42NNaO4S. The van der Waals surface area contributed by atoms with Gasteiger partial charge in [-0.05, 0) is 12.8 Å². The Bertz CT molecular complexity index is 495. The third-order valence-electron chi connectivity index (χ3n) is 4.88. The summed E-state index contributed by atoms with van der Waals surface area (Å²) in [6.07, 6.45) is 21.8. The molecule has 0 saturated carbocycles. The molecule has 0 radical (unpaired) electrons. The standard InChI is InChI=1S/C22H43NO4S.Na/c1-2-3-4-5-6-7-8-9-10-11-12-13-14-15-16-17-18-21-28(26,27)23-20-19-22(24)25;/h18,21,23H,2-17,19-20H2,1H3,(H,24,25);/q;+1/p-1/b21-18+;. The van der Waals surface area contributed by atoms with E-state index in [2.05, 4.69) is 11.6 Å². The van der Waals surface area contributed by atoms with Crippen molar-refractivity contribution in [3.05, 3.63) is 11.5 Å². The molecule has 166 valence electrons. The number of hydrogen-bond acceptors (Lipinski definition) is 4.